The smallest absolute Gasteiger partial charge is 0.391 e. The summed E-state index contributed by atoms with van der Waals surface area (Å²) in [5.74, 6) is -0.854. The molecule has 36 heavy (non-hydrogen) atoms. The third kappa shape index (κ3) is 5.59. The van der Waals surface area contributed by atoms with Crippen molar-refractivity contribution < 1.29 is 32.5 Å². The van der Waals surface area contributed by atoms with E-state index in [2.05, 4.69) is 0 Å². The highest BCUT2D eigenvalue weighted by atomic mass is 19.4. The van der Waals surface area contributed by atoms with Crippen LogP contribution in [0.4, 0.5) is 13.2 Å². The van der Waals surface area contributed by atoms with Crippen molar-refractivity contribution >= 4 is 16.7 Å². The molecule has 0 bridgehead atoms. The predicted octanol–water partition coefficient (Wildman–Crippen LogP) is 6.32. The summed E-state index contributed by atoms with van der Waals surface area (Å²) in [5.41, 5.74) is 3.53. The van der Waals surface area contributed by atoms with Crippen molar-refractivity contribution in [3.05, 3.63) is 59.7 Å². The van der Waals surface area contributed by atoms with Gasteiger partial charge in [0.15, 0.2) is 0 Å². The first-order valence-electron chi connectivity index (χ1n) is 12.0. The average Bonchev–Trinajstić information content (AvgIpc) is 2.86. The number of piperidine rings is 1. The first-order valence-corrected chi connectivity index (χ1v) is 12.0. The lowest BCUT2D eigenvalue weighted by atomic mass is 9.92. The molecule has 0 aromatic heterocycles. The number of fused-ring (bicyclic) bond motifs is 1. The Bertz CT molecular complexity index is 1210. The molecule has 0 amide bonds. The van der Waals surface area contributed by atoms with Crippen LogP contribution in [0.25, 0.3) is 21.9 Å². The van der Waals surface area contributed by atoms with Crippen LogP contribution >= 0.6 is 0 Å². The van der Waals surface area contributed by atoms with Crippen LogP contribution in [0.3, 0.4) is 0 Å². The lowest BCUT2D eigenvalue weighted by molar-refractivity contribution is -0.185. The summed E-state index contributed by atoms with van der Waals surface area (Å²) in [6.07, 6.45) is -3.45. The molecule has 0 radical (unpaired) electrons. The zero-order chi connectivity index (χ0) is 25.9. The van der Waals surface area contributed by atoms with Crippen LogP contribution in [0, 0.1) is 5.92 Å². The second-order valence-corrected chi connectivity index (χ2v) is 9.18. The molecule has 192 valence electrons. The summed E-state index contributed by atoms with van der Waals surface area (Å²) in [7, 11) is 3.17. The first-order chi connectivity index (χ1) is 17.2. The van der Waals surface area contributed by atoms with Gasteiger partial charge in [0.1, 0.15) is 11.5 Å². The van der Waals surface area contributed by atoms with Gasteiger partial charge in [0.2, 0.25) is 0 Å². The van der Waals surface area contributed by atoms with E-state index >= 15 is 0 Å². The number of likely N-dealkylation sites (tertiary alicyclic amines) is 1. The van der Waals surface area contributed by atoms with Crippen LogP contribution in [0.15, 0.2) is 48.5 Å². The van der Waals surface area contributed by atoms with Crippen LogP contribution in [0.2, 0.25) is 0 Å². The SMILES string of the molecule is COc1cc(CN2CCC(C(F)(F)F)CC2)cc(OC)c1-c1cccc2c(CCC(=O)O)cccc12. The number of halogens is 3. The van der Waals surface area contributed by atoms with Crippen molar-refractivity contribution in [2.24, 2.45) is 5.92 Å². The third-order valence-corrected chi connectivity index (χ3v) is 6.91. The van der Waals surface area contributed by atoms with Gasteiger partial charge in [-0.05, 0) is 71.9 Å². The summed E-state index contributed by atoms with van der Waals surface area (Å²) >= 11 is 0. The van der Waals surface area contributed by atoms with Crippen molar-refractivity contribution in [3.8, 4) is 22.6 Å². The van der Waals surface area contributed by atoms with Crippen LogP contribution in [0.1, 0.15) is 30.4 Å². The minimum absolute atomic E-state index is 0.0465. The minimum Gasteiger partial charge on any atom is -0.496 e. The Labute approximate surface area is 208 Å². The van der Waals surface area contributed by atoms with Gasteiger partial charge in [-0.3, -0.25) is 9.69 Å². The van der Waals surface area contributed by atoms with Crippen LogP contribution in [-0.2, 0) is 17.8 Å². The molecule has 4 rings (SSSR count). The second-order valence-electron chi connectivity index (χ2n) is 9.18. The number of ether oxygens (including phenoxy) is 2. The number of carboxylic acids is 1. The summed E-state index contributed by atoms with van der Waals surface area (Å²) in [5, 5.41) is 11.0. The fraction of sp³-hybridized carbons (Fsp3) is 0.393. The molecular formula is C28H30F3NO4. The average molecular weight is 502 g/mol. The van der Waals surface area contributed by atoms with Gasteiger partial charge < -0.3 is 14.6 Å². The van der Waals surface area contributed by atoms with Gasteiger partial charge in [-0.15, -0.1) is 0 Å². The first kappa shape index (κ1) is 25.8. The molecule has 1 saturated heterocycles. The number of nitrogens with zero attached hydrogens (tertiary/aromatic N) is 1. The van der Waals surface area contributed by atoms with E-state index < -0.39 is 18.1 Å². The highest BCUT2D eigenvalue weighted by Gasteiger charge is 2.41. The molecule has 0 unspecified atom stereocenters. The normalized spacial score (nSPS) is 15.2. The molecule has 0 aliphatic carbocycles. The molecule has 1 N–H and O–H groups in total. The summed E-state index contributed by atoms with van der Waals surface area (Å²) in [6.45, 7) is 1.28. The summed E-state index contributed by atoms with van der Waals surface area (Å²) in [6, 6.07) is 15.6. The topological polar surface area (TPSA) is 59.0 Å². The van der Waals surface area contributed by atoms with Crippen molar-refractivity contribution in [2.75, 3.05) is 27.3 Å². The number of hydrogen-bond donors (Lipinski definition) is 1. The summed E-state index contributed by atoms with van der Waals surface area (Å²) < 4.78 is 50.6. The quantitative estimate of drug-likeness (QED) is 0.392. The number of alkyl halides is 3. The number of aryl methyl sites for hydroxylation is 1. The van der Waals surface area contributed by atoms with Gasteiger partial charge in [0.05, 0.1) is 25.7 Å². The maximum atomic E-state index is 13.0. The Hall–Kier alpha value is -3.26. The Morgan fingerprint density at radius 2 is 1.61 bits per heavy atom. The monoisotopic (exact) mass is 501 g/mol. The highest BCUT2D eigenvalue weighted by molar-refractivity contribution is 6.01. The number of rotatable bonds is 8. The van der Waals surface area contributed by atoms with Crippen molar-refractivity contribution in [1.82, 2.24) is 4.90 Å². The van der Waals surface area contributed by atoms with E-state index in [1.54, 1.807) is 14.2 Å². The molecular weight excluding hydrogens is 471 g/mol. The van der Waals surface area contributed by atoms with Gasteiger partial charge in [-0.1, -0.05) is 36.4 Å². The molecule has 3 aromatic carbocycles. The maximum absolute atomic E-state index is 13.0. The number of aliphatic carboxylic acids is 1. The standard InChI is InChI=1S/C28H30F3NO4/c1-35-24-15-18(17-32-13-11-20(12-14-32)28(29,30)31)16-25(36-2)27(24)23-8-4-6-21-19(9-10-26(33)34)5-3-7-22(21)23/h3-8,15-16,20H,9-14,17H2,1-2H3,(H,33,34). The lowest BCUT2D eigenvalue weighted by Gasteiger charge is -2.33. The number of methoxy groups -OCH3 is 2. The van der Waals surface area contributed by atoms with Crippen molar-refractivity contribution in [3.63, 3.8) is 0 Å². The van der Waals surface area contributed by atoms with Gasteiger partial charge >= 0.3 is 12.1 Å². The highest BCUT2D eigenvalue weighted by Crippen LogP contribution is 2.43. The fourth-order valence-corrected chi connectivity index (χ4v) is 5.05. The number of benzene rings is 3. The number of carbonyl (C=O) groups is 1. The Kier molecular flexibility index (Phi) is 7.73. The van der Waals surface area contributed by atoms with Crippen molar-refractivity contribution in [1.29, 1.82) is 0 Å². The van der Waals surface area contributed by atoms with Crippen LogP contribution < -0.4 is 9.47 Å². The van der Waals surface area contributed by atoms with E-state index in [-0.39, 0.29) is 19.3 Å². The van der Waals surface area contributed by atoms with E-state index in [1.165, 1.54) is 0 Å². The lowest BCUT2D eigenvalue weighted by Crippen LogP contribution is -2.38. The van der Waals surface area contributed by atoms with Crippen LogP contribution in [0.5, 0.6) is 11.5 Å². The number of hydrogen-bond acceptors (Lipinski definition) is 4. The molecule has 1 heterocycles. The van der Waals surface area contributed by atoms with Crippen molar-refractivity contribution in [2.45, 2.75) is 38.4 Å². The molecule has 0 saturated carbocycles. The molecule has 1 aliphatic heterocycles. The molecule has 1 fully saturated rings. The molecule has 5 nitrogen and oxygen atoms in total. The fourth-order valence-electron chi connectivity index (χ4n) is 5.05. The molecule has 0 atom stereocenters. The zero-order valence-electron chi connectivity index (χ0n) is 20.4. The minimum atomic E-state index is -4.13. The van der Waals surface area contributed by atoms with E-state index in [4.69, 9.17) is 14.6 Å². The van der Waals surface area contributed by atoms with Gasteiger partial charge in [0.25, 0.3) is 0 Å². The molecule has 3 aromatic rings. The largest absolute Gasteiger partial charge is 0.496 e. The van der Waals surface area contributed by atoms with Gasteiger partial charge in [0, 0.05) is 13.0 Å². The summed E-state index contributed by atoms with van der Waals surface area (Å²) in [4.78, 5) is 13.1. The molecule has 0 spiro atoms. The Morgan fingerprint density at radius 1 is 1.00 bits per heavy atom. The van der Waals surface area contributed by atoms with E-state index in [0.717, 1.165) is 33.0 Å². The van der Waals surface area contributed by atoms with E-state index in [9.17, 15) is 18.0 Å². The number of carboxylic acid groups (broad SMARTS) is 1. The van der Waals surface area contributed by atoms with E-state index in [1.807, 2.05) is 53.4 Å². The van der Waals surface area contributed by atoms with Crippen LogP contribution in [-0.4, -0.2) is 49.5 Å². The third-order valence-electron chi connectivity index (χ3n) is 6.91. The molecule has 8 heteroatoms. The van der Waals surface area contributed by atoms with Gasteiger partial charge in [-0.25, -0.2) is 0 Å². The van der Waals surface area contributed by atoms with Gasteiger partial charge in [-0.2, -0.15) is 13.2 Å². The maximum Gasteiger partial charge on any atom is 0.391 e. The second kappa shape index (κ2) is 10.8. The Balaban J connectivity index is 1.67. The molecule has 1 aliphatic rings. The van der Waals surface area contributed by atoms with E-state index in [0.29, 0.717) is 37.6 Å². The zero-order valence-corrected chi connectivity index (χ0v) is 20.4. The Morgan fingerprint density at radius 3 is 2.19 bits per heavy atom. The predicted molar refractivity (Wildman–Crippen MR) is 133 cm³/mol.